The first-order valence-electron chi connectivity index (χ1n) is 23.2. The highest BCUT2D eigenvalue weighted by molar-refractivity contribution is 5.71. The predicted octanol–water partition coefficient (Wildman–Crippen LogP) is 12.1. The molecule has 55 heavy (non-hydrogen) atoms. The third kappa shape index (κ3) is 40.3. The molecule has 0 amide bonds. The van der Waals surface area contributed by atoms with Crippen LogP contribution in [0.3, 0.4) is 0 Å². The fourth-order valence-electron chi connectivity index (χ4n) is 6.72. The number of likely N-dealkylation sites (N-methyl/N-ethyl adjacent to an activating group) is 1. The van der Waals surface area contributed by atoms with Crippen molar-refractivity contribution in [3.8, 4) is 0 Å². The van der Waals surface area contributed by atoms with Crippen LogP contribution in [0.5, 0.6) is 0 Å². The third-order valence-electron chi connectivity index (χ3n) is 10.4. The molecular formula is C46H90NO8+. The fourth-order valence-corrected chi connectivity index (χ4v) is 6.72. The molecule has 0 heterocycles. The molecule has 0 aliphatic rings. The van der Waals surface area contributed by atoms with Crippen molar-refractivity contribution < 1.29 is 42.9 Å². The van der Waals surface area contributed by atoms with Gasteiger partial charge in [0.1, 0.15) is 13.2 Å². The highest BCUT2D eigenvalue weighted by Crippen LogP contribution is 2.16. The first kappa shape index (κ1) is 53.3. The van der Waals surface area contributed by atoms with Gasteiger partial charge in [-0.2, -0.15) is 0 Å². The molecule has 0 saturated carbocycles. The molecule has 0 radical (unpaired) electrons. The minimum Gasteiger partial charge on any atom is -0.477 e. The fraction of sp³-hybridized carbons (Fsp3) is 0.935. The van der Waals surface area contributed by atoms with Crippen molar-refractivity contribution in [1.82, 2.24) is 0 Å². The molecule has 0 rings (SSSR count). The molecule has 2 unspecified atom stereocenters. The molecule has 9 heteroatoms. The van der Waals surface area contributed by atoms with E-state index in [1.165, 1.54) is 154 Å². The molecule has 2 atom stereocenters. The lowest BCUT2D eigenvalue weighted by molar-refractivity contribution is -0.870. The van der Waals surface area contributed by atoms with E-state index >= 15 is 0 Å². The minimum absolute atomic E-state index is 0.174. The van der Waals surface area contributed by atoms with Crippen LogP contribution >= 0.6 is 0 Å². The number of carboxylic acid groups (broad SMARTS) is 1. The molecule has 0 aliphatic carbocycles. The van der Waals surface area contributed by atoms with Crippen LogP contribution in [0.25, 0.3) is 0 Å². The summed E-state index contributed by atoms with van der Waals surface area (Å²) in [5.74, 6) is -1.99. The summed E-state index contributed by atoms with van der Waals surface area (Å²) in [4.78, 5) is 36.9. The summed E-state index contributed by atoms with van der Waals surface area (Å²) in [5, 5.41) is 9.61. The van der Waals surface area contributed by atoms with Crippen molar-refractivity contribution in [2.75, 3.05) is 47.5 Å². The van der Waals surface area contributed by atoms with E-state index in [1.807, 2.05) is 21.1 Å². The number of carbonyl (C=O) groups excluding carboxylic acids is 2. The van der Waals surface area contributed by atoms with Gasteiger partial charge in [-0.3, -0.25) is 9.59 Å². The van der Waals surface area contributed by atoms with Crippen LogP contribution < -0.4 is 0 Å². The lowest BCUT2D eigenvalue weighted by Gasteiger charge is -2.25. The number of carbonyl (C=O) groups is 3. The van der Waals surface area contributed by atoms with E-state index in [2.05, 4.69) is 13.8 Å². The Morgan fingerprint density at radius 3 is 1.16 bits per heavy atom. The van der Waals surface area contributed by atoms with Gasteiger partial charge in [0.15, 0.2) is 6.10 Å². The average Bonchev–Trinajstić information content (AvgIpc) is 3.14. The molecule has 0 fully saturated rings. The Morgan fingerprint density at radius 2 is 0.818 bits per heavy atom. The molecule has 0 aromatic rings. The van der Waals surface area contributed by atoms with Gasteiger partial charge in [-0.1, -0.05) is 194 Å². The van der Waals surface area contributed by atoms with Crippen LogP contribution in [0, 0.1) is 0 Å². The molecule has 0 saturated heterocycles. The summed E-state index contributed by atoms with van der Waals surface area (Å²) in [5.41, 5.74) is 0. The first-order chi connectivity index (χ1) is 26.6. The predicted molar refractivity (Wildman–Crippen MR) is 226 cm³/mol. The lowest BCUT2D eigenvalue weighted by Crippen LogP contribution is -2.40. The number of aliphatic carboxylic acids is 1. The Labute approximate surface area is 339 Å². The van der Waals surface area contributed by atoms with Crippen molar-refractivity contribution in [1.29, 1.82) is 0 Å². The second-order valence-electron chi connectivity index (χ2n) is 17.1. The molecule has 0 aromatic carbocycles. The van der Waals surface area contributed by atoms with Crippen LogP contribution in [0.15, 0.2) is 0 Å². The van der Waals surface area contributed by atoms with E-state index in [4.69, 9.17) is 18.9 Å². The number of unbranched alkanes of at least 4 members (excludes halogenated alkanes) is 28. The number of hydrogen-bond donors (Lipinski definition) is 1. The quantitative estimate of drug-likeness (QED) is 0.0282. The smallest absolute Gasteiger partial charge is 0.361 e. The molecule has 0 spiro atoms. The van der Waals surface area contributed by atoms with Gasteiger partial charge in [0.05, 0.1) is 34.4 Å². The third-order valence-corrected chi connectivity index (χ3v) is 10.4. The van der Waals surface area contributed by atoms with Crippen molar-refractivity contribution >= 4 is 17.9 Å². The summed E-state index contributed by atoms with van der Waals surface area (Å²) < 4.78 is 22.7. The zero-order valence-electron chi connectivity index (χ0n) is 36.9. The van der Waals surface area contributed by atoms with Crippen LogP contribution in [-0.4, -0.2) is 87.4 Å². The number of nitrogens with zero attached hydrogens (tertiary/aromatic N) is 1. The molecule has 9 nitrogen and oxygen atoms in total. The standard InChI is InChI=1S/C46H89NO8/c1-6-8-10-12-14-16-17-18-19-20-21-22-23-24-25-26-27-28-29-31-33-35-37-44(49)55-42(41-54-46(45(50)51)52-39-38-47(3,4)5)40-53-43(48)36-34-32-30-15-13-11-9-7-2/h42,46H,6-41H2,1-5H3/p+1. The lowest BCUT2D eigenvalue weighted by atomic mass is 10.0. The Morgan fingerprint density at radius 1 is 0.473 bits per heavy atom. The van der Waals surface area contributed by atoms with Gasteiger partial charge in [-0.05, 0) is 12.8 Å². The number of rotatable bonds is 43. The van der Waals surface area contributed by atoms with Crippen molar-refractivity contribution in [3.63, 3.8) is 0 Å². The Balaban J connectivity index is 4.21. The normalized spacial score (nSPS) is 12.8. The Kier molecular flexibility index (Phi) is 37.9. The van der Waals surface area contributed by atoms with E-state index in [9.17, 15) is 19.5 Å². The van der Waals surface area contributed by atoms with Gasteiger partial charge < -0.3 is 28.5 Å². The van der Waals surface area contributed by atoms with Gasteiger partial charge in [0.2, 0.25) is 0 Å². The molecule has 326 valence electrons. The van der Waals surface area contributed by atoms with E-state index in [-0.39, 0.29) is 32.2 Å². The van der Waals surface area contributed by atoms with Crippen LogP contribution in [0.1, 0.15) is 219 Å². The topological polar surface area (TPSA) is 108 Å². The van der Waals surface area contributed by atoms with E-state index in [0.717, 1.165) is 38.5 Å². The second kappa shape index (κ2) is 39.1. The number of ether oxygens (including phenoxy) is 4. The van der Waals surface area contributed by atoms with E-state index < -0.39 is 24.3 Å². The Bertz CT molecular complexity index is 876. The maximum Gasteiger partial charge on any atom is 0.361 e. The largest absolute Gasteiger partial charge is 0.477 e. The van der Waals surface area contributed by atoms with Crippen LogP contribution in [0.4, 0.5) is 0 Å². The summed E-state index contributed by atoms with van der Waals surface area (Å²) in [6.45, 7) is 4.87. The van der Waals surface area contributed by atoms with Crippen molar-refractivity contribution in [2.24, 2.45) is 0 Å². The maximum absolute atomic E-state index is 12.7. The van der Waals surface area contributed by atoms with Gasteiger partial charge in [-0.25, -0.2) is 4.79 Å². The molecular weight excluding hydrogens is 695 g/mol. The SMILES string of the molecule is CCCCCCCCCCCCCCCCCCCCCCCCC(=O)OC(COC(=O)CCCCCCCCCC)COC(OCC[N+](C)(C)C)C(=O)O. The first-order valence-corrected chi connectivity index (χ1v) is 23.2. The zero-order valence-corrected chi connectivity index (χ0v) is 36.9. The molecule has 0 bridgehead atoms. The maximum atomic E-state index is 12.7. The van der Waals surface area contributed by atoms with E-state index in [1.54, 1.807) is 0 Å². The van der Waals surface area contributed by atoms with E-state index in [0.29, 0.717) is 17.4 Å². The number of hydrogen-bond acceptors (Lipinski definition) is 7. The molecule has 0 aliphatic heterocycles. The van der Waals surface area contributed by atoms with Gasteiger partial charge in [-0.15, -0.1) is 0 Å². The number of carboxylic acids is 1. The van der Waals surface area contributed by atoms with Crippen molar-refractivity contribution in [2.45, 2.75) is 232 Å². The highest BCUT2D eigenvalue weighted by Gasteiger charge is 2.25. The second-order valence-corrected chi connectivity index (χ2v) is 17.1. The Hall–Kier alpha value is -1.71. The minimum atomic E-state index is -1.50. The van der Waals surface area contributed by atoms with Crippen LogP contribution in [0.2, 0.25) is 0 Å². The van der Waals surface area contributed by atoms with Crippen molar-refractivity contribution in [3.05, 3.63) is 0 Å². The van der Waals surface area contributed by atoms with Gasteiger partial charge >= 0.3 is 17.9 Å². The molecule has 0 aromatic heterocycles. The number of esters is 2. The molecule has 1 N–H and O–H groups in total. The monoisotopic (exact) mass is 785 g/mol. The highest BCUT2D eigenvalue weighted by atomic mass is 16.7. The average molecular weight is 785 g/mol. The zero-order chi connectivity index (χ0) is 40.7. The summed E-state index contributed by atoms with van der Waals surface area (Å²) >= 11 is 0. The summed E-state index contributed by atoms with van der Waals surface area (Å²) in [6, 6.07) is 0. The summed E-state index contributed by atoms with van der Waals surface area (Å²) in [7, 11) is 5.96. The van der Waals surface area contributed by atoms with Gasteiger partial charge in [0.25, 0.3) is 6.29 Å². The summed E-state index contributed by atoms with van der Waals surface area (Å²) in [6.07, 6.45) is 36.1. The van der Waals surface area contributed by atoms with Gasteiger partial charge in [0, 0.05) is 12.8 Å². The number of quaternary nitrogens is 1. The van der Waals surface area contributed by atoms with Crippen LogP contribution in [-0.2, 0) is 33.3 Å².